The normalized spacial score (nSPS) is 18.2. The van der Waals surface area contributed by atoms with E-state index in [4.69, 9.17) is 16.1 Å². The van der Waals surface area contributed by atoms with Crippen molar-refractivity contribution in [1.82, 2.24) is 15.0 Å². The summed E-state index contributed by atoms with van der Waals surface area (Å²) in [5.74, 6) is 0.852. The highest BCUT2D eigenvalue weighted by Gasteiger charge is 2.20. The maximum atomic E-state index is 10.3. The zero-order valence-corrected chi connectivity index (χ0v) is 14.0. The second-order valence-corrected chi connectivity index (χ2v) is 6.51. The monoisotopic (exact) mass is 335 g/mol. The van der Waals surface area contributed by atoms with Gasteiger partial charge in [-0.15, -0.1) is 0 Å². The van der Waals surface area contributed by atoms with Gasteiger partial charge >= 0.3 is 0 Å². The minimum atomic E-state index is -0.475. The molecule has 0 bridgehead atoms. The molecule has 1 fully saturated rings. The van der Waals surface area contributed by atoms with Gasteiger partial charge in [0.1, 0.15) is 5.76 Å². The molecule has 3 rings (SSSR count). The molecule has 1 aromatic carbocycles. The largest absolute Gasteiger partial charge is 0.387 e. The zero-order chi connectivity index (χ0) is 16.2. The van der Waals surface area contributed by atoms with Crippen molar-refractivity contribution in [3.63, 3.8) is 0 Å². The minimum Gasteiger partial charge on any atom is -0.387 e. The highest BCUT2D eigenvalue weighted by Crippen LogP contribution is 2.18. The van der Waals surface area contributed by atoms with E-state index in [0.29, 0.717) is 11.6 Å². The molecular formula is C17H22ClN3O2. The van der Waals surface area contributed by atoms with Crippen molar-refractivity contribution < 1.29 is 9.63 Å². The van der Waals surface area contributed by atoms with Gasteiger partial charge in [-0.1, -0.05) is 28.9 Å². The van der Waals surface area contributed by atoms with Crippen molar-refractivity contribution in [3.8, 4) is 0 Å². The van der Waals surface area contributed by atoms with Crippen molar-refractivity contribution in [2.24, 2.45) is 0 Å². The van der Waals surface area contributed by atoms with E-state index in [1.165, 1.54) is 0 Å². The lowest BCUT2D eigenvalue weighted by Gasteiger charge is -2.35. The topological polar surface area (TPSA) is 52.7 Å². The molecule has 1 aliphatic rings. The van der Waals surface area contributed by atoms with Crippen LogP contribution < -0.4 is 0 Å². The Morgan fingerprint density at radius 1 is 1.17 bits per heavy atom. The molecule has 124 valence electrons. The number of β-amino-alcohol motifs (C(OH)–C–C–N with tert-alkyl or cyclic N) is 1. The number of aliphatic hydroxyl groups excluding tert-OH is 1. The predicted molar refractivity (Wildman–Crippen MR) is 89.4 cm³/mol. The zero-order valence-electron chi connectivity index (χ0n) is 13.3. The Hall–Kier alpha value is -1.40. The third-order valence-electron chi connectivity index (χ3n) is 4.21. The minimum absolute atomic E-state index is 0.475. The number of aromatic nitrogens is 1. The Kier molecular flexibility index (Phi) is 5.33. The average Bonchev–Trinajstić information content (AvgIpc) is 2.95. The third kappa shape index (κ3) is 4.54. The van der Waals surface area contributed by atoms with Crippen LogP contribution in [0.2, 0.25) is 5.02 Å². The Bertz CT molecular complexity index is 621. The van der Waals surface area contributed by atoms with Crippen LogP contribution in [-0.4, -0.2) is 52.8 Å². The summed E-state index contributed by atoms with van der Waals surface area (Å²) in [6.07, 6.45) is -0.475. The van der Waals surface area contributed by atoms with E-state index in [1.54, 1.807) is 0 Å². The summed E-state index contributed by atoms with van der Waals surface area (Å²) in [4.78, 5) is 4.66. The molecule has 1 N–H and O–H groups in total. The van der Waals surface area contributed by atoms with E-state index >= 15 is 0 Å². The molecule has 2 aromatic rings. The molecule has 0 radical (unpaired) electrons. The molecule has 1 unspecified atom stereocenters. The van der Waals surface area contributed by atoms with Crippen molar-refractivity contribution in [2.45, 2.75) is 19.6 Å². The van der Waals surface area contributed by atoms with Crippen LogP contribution >= 0.6 is 11.6 Å². The molecule has 6 heteroatoms. The summed E-state index contributed by atoms with van der Waals surface area (Å²) in [6, 6.07) is 9.39. The van der Waals surface area contributed by atoms with Gasteiger partial charge in [0.2, 0.25) is 0 Å². The summed E-state index contributed by atoms with van der Waals surface area (Å²) in [6.45, 7) is 7.22. The van der Waals surface area contributed by atoms with Crippen molar-refractivity contribution >= 4 is 11.6 Å². The second-order valence-electron chi connectivity index (χ2n) is 6.07. The van der Waals surface area contributed by atoms with Gasteiger partial charge in [-0.05, 0) is 24.6 Å². The number of rotatable bonds is 5. The second kappa shape index (κ2) is 7.45. The summed E-state index contributed by atoms with van der Waals surface area (Å²) in [7, 11) is 0. The van der Waals surface area contributed by atoms with Gasteiger partial charge in [-0.25, -0.2) is 0 Å². The molecule has 0 aliphatic carbocycles. The highest BCUT2D eigenvalue weighted by atomic mass is 35.5. The number of aryl methyl sites for hydroxylation is 1. The lowest BCUT2D eigenvalue weighted by atomic mass is 10.1. The van der Waals surface area contributed by atoms with Gasteiger partial charge in [0.15, 0.2) is 0 Å². The van der Waals surface area contributed by atoms with Crippen LogP contribution in [0.1, 0.15) is 23.1 Å². The summed E-state index contributed by atoms with van der Waals surface area (Å²) in [5, 5.41) is 15.1. The molecule has 5 nitrogen and oxygen atoms in total. The lowest BCUT2D eigenvalue weighted by molar-refractivity contribution is 0.0693. The third-order valence-corrected chi connectivity index (χ3v) is 4.47. The van der Waals surface area contributed by atoms with Gasteiger partial charge < -0.3 is 9.63 Å². The van der Waals surface area contributed by atoms with Gasteiger partial charge in [-0.3, -0.25) is 9.80 Å². The Morgan fingerprint density at radius 3 is 2.43 bits per heavy atom. The van der Waals surface area contributed by atoms with Crippen LogP contribution in [-0.2, 0) is 6.54 Å². The van der Waals surface area contributed by atoms with Crippen molar-refractivity contribution in [1.29, 1.82) is 0 Å². The first-order valence-corrected chi connectivity index (χ1v) is 8.28. The molecule has 1 aliphatic heterocycles. The molecular weight excluding hydrogens is 314 g/mol. The smallest absolute Gasteiger partial charge is 0.133 e. The van der Waals surface area contributed by atoms with Crippen LogP contribution in [0.5, 0.6) is 0 Å². The Balaban J connectivity index is 1.46. The maximum Gasteiger partial charge on any atom is 0.133 e. The van der Waals surface area contributed by atoms with Gasteiger partial charge in [-0.2, -0.15) is 0 Å². The Labute approximate surface area is 141 Å². The van der Waals surface area contributed by atoms with Crippen LogP contribution in [0.3, 0.4) is 0 Å². The summed E-state index contributed by atoms with van der Waals surface area (Å²) in [5.41, 5.74) is 1.90. The Morgan fingerprint density at radius 2 is 1.83 bits per heavy atom. The van der Waals surface area contributed by atoms with E-state index in [9.17, 15) is 5.11 Å². The standard InChI is InChI=1S/C17H22ClN3O2/c1-13-10-16(19-23-13)11-20-6-8-21(9-7-20)12-17(22)14-2-4-15(18)5-3-14/h2-5,10,17,22H,6-9,11-12H2,1H3. The SMILES string of the molecule is Cc1cc(CN2CCN(CC(O)c3ccc(Cl)cc3)CC2)no1. The van der Waals surface area contributed by atoms with E-state index in [0.717, 1.165) is 49.7 Å². The molecule has 0 spiro atoms. The molecule has 1 aromatic heterocycles. The summed E-state index contributed by atoms with van der Waals surface area (Å²) < 4.78 is 5.11. The number of halogens is 1. The van der Waals surface area contributed by atoms with Gasteiger partial charge in [0.05, 0.1) is 11.8 Å². The van der Waals surface area contributed by atoms with Crippen molar-refractivity contribution in [3.05, 3.63) is 52.4 Å². The fraction of sp³-hybridized carbons (Fsp3) is 0.471. The van der Waals surface area contributed by atoms with E-state index in [1.807, 2.05) is 37.3 Å². The van der Waals surface area contributed by atoms with Crippen LogP contribution in [0.25, 0.3) is 0 Å². The quantitative estimate of drug-likeness (QED) is 0.909. The van der Waals surface area contributed by atoms with Crippen molar-refractivity contribution in [2.75, 3.05) is 32.7 Å². The first-order valence-electron chi connectivity index (χ1n) is 7.90. The average molecular weight is 336 g/mol. The molecule has 23 heavy (non-hydrogen) atoms. The van der Waals surface area contributed by atoms with E-state index in [-0.39, 0.29) is 0 Å². The lowest BCUT2D eigenvalue weighted by Crippen LogP contribution is -2.47. The van der Waals surface area contributed by atoms with Gasteiger partial charge in [0.25, 0.3) is 0 Å². The molecule has 2 heterocycles. The van der Waals surface area contributed by atoms with E-state index in [2.05, 4.69) is 15.0 Å². The first kappa shape index (κ1) is 16.5. The first-order chi connectivity index (χ1) is 11.1. The summed E-state index contributed by atoms with van der Waals surface area (Å²) >= 11 is 5.88. The predicted octanol–water partition coefficient (Wildman–Crippen LogP) is 2.49. The van der Waals surface area contributed by atoms with E-state index < -0.39 is 6.10 Å². The molecule has 1 atom stereocenters. The number of hydrogen-bond acceptors (Lipinski definition) is 5. The van der Waals surface area contributed by atoms with Gasteiger partial charge in [0, 0.05) is 50.4 Å². The fourth-order valence-electron chi connectivity index (χ4n) is 2.89. The number of hydrogen-bond donors (Lipinski definition) is 1. The number of aliphatic hydroxyl groups is 1. The molecule has 0 saturated carbocycles. The van der Waals surface area contributed by atoms with Crippen LogP contribution in [0.15, 0.2) is 34.9 Å². The molecule has 1 saturated heterocycles. The maximum absolute atomic E-state index is 10.3. The highest BCUT2D eigenvalue weighted by molar-refractivity contribution is 6.30. The van der Waals surface area contributed by atoms with Crippen LogP contribution in [0, 0.1) is 6.92 Å². The molecule has 0 amide bonds. The number of nitrogens with zero attached hydrogens (tertiary/aromatic N) is 3. The fourth-order valence-corrected chi connectivity index (χ4v) is 3.01. The number of piperazine rings is 1. The number of benzene rings is 1. The van der Waals surface area contributed by atoms with Crippen LogP contribution in [0.4, 0.5) is 0 Å².